The molecular weight excluding hydrogens is 224 g/mol. The maximum atomic E-state index is 4.52. The Morgan fingerprint density at radius 2 is 2.17 bits per heavy atom. The van der Waals surface area contributed by atoms with Gasteiger partial charge in [-0.2, -0.15) is 5.10 Å². The van der Waals surface area contributed by atoms with Crippen molar-refractivity contribution in [2.75, 3.05) is 27.2 Å². The van der Waals surface area contributed by atoms with E-state index in [1.54, 1.807) is 0 Å². The lowest BCUT2D eigenvalue weighted by atomic mass is 9.89. The topological polar surface area (TPSA) is 33.1 Å². The van der Waals surface area contributed by atoms with Gasteiger partial charge >= 0.3 is 0 Å². The van der Waals surface area contributed by atoms with E-state index >= 15 is 0 Å². The van der Waals surface area contributed by atoms with Crippen LogP contribution >= 0.6 is 0 Å². The lowest BCUT2D eigenvalue weighted by molar-refractivity contribution is 0.190. The molecule has 0 bridgehead atoms. The molecule has 0 amide bonds. The highest BCUT2D eigenvalue weighted by Crippen LogP contribution is 2.34. The molecule has 1 fully saturated rings. The highest BCUT2D eigenvalue weighted by Gasteiger charge is 2.30. The van der Waals surface area contributed by atoms with Gasteiger partial charge in [-0.3, -0.25) is 9.58 Å². The normalized spacial score (nSPS) is 26.2. The first kappa shape index (κ1) is 13.6. The fourth-order valence-corrected chi connectivity index (χ4v) is 3.30. The van der Waals surface area contributed by atoms with Crippen LogP contribution in [-0.2, 0) is 7.05 Å². The lowest BCUT2D eigenvalue weighted by Gasteiger charge is -2.32. The average molecular weight is 250 g/mol. The summed E-state index contributed by atoms with van der Waals surface area (Å²) in [4.78, 5) is 2.51. The van der Waals surface area contributed by atoms with Crippen molar-refractivity contribution in [2.24, 2.45) is 13.0 Å². The molecule has 0 radical (unpaired) electrons. The molecule has 2 heterocycles. The molecule has 102 valence electrons. The number of likely N-dealkylation sites (tertiary alicyclic amines) is 1. The van der Waals surface area contributed by atoms with Crippen molar-refractivity contribution in [3.8, 4) is 0 Å². The maximum absolute atomic E-state index is 4.52. The number of hydrogen-bond acceptors (Lipinski definition) is 3. The minimum atomic E-state index is 0.508. The van der Waals surface area contributed by atoms with Crippen molar-refractivity contribution in [3.63, 3.8) is 0 Å². The quantitative estimate of drug-likeness (QED) is 0.887. The van der Waals surface area contributed by atoms with Crippen LogP contribution in [0.1, 0.15) is 36.6 Å². The summed E-state index contributed by atoms with van der Waals surface area (Å²) in [6.07, 6.45) is 6.16. The molecule has 0 aromatic carbocycles. The van der Waals surface area contributed by atoms with E-state index < -0.39 is 0 Å². The fraction of sp³-hybridized carbons (Fsp3) is 0.786. The number of rotatable bonds is 3. The fourth-order valence-electron chi connectivity index (χ4n) is 3.30. The van der Waals surface area contributed by atoms with Gasteiger partial charge in [-0.15, -0.1) is 0 Å². The molecule has 4 nitrogen and oxygen atoms in total. The second kappa shape index (κ2) is 5.85. The Bertz CT molecular complexity index is 385. The van der Waals surface area contributed by atoms with Gasteiger partial charge in [0.05, 0.1) is 5.69 Å². The van der Waals surface area contributed by atoms with Crippen molar-refractivity contribution < 1.29 is 0 Å². The van der Waals surface area contributed by atoms with E-state index in [-0.39, 0.29) is 0 Å². The Balaban J connectivity index is 2.30. The van der Waals surface area contributed by atoms with E-state index in [2.05, 4.69) is 42.5 Å². The summed E-state index contributed by atoms with van der Waals surface area (Å²) in [5.74, 6) is 0.686. The minimum Gasteiger partial charge on any atom is -0.319 e. The highest BCUT2D eigenvalue weighted by atomic mass is 15.3. The van der Waals surface area contributed by atoms with E-state index in [4.69, 9.17) is 0 Å². The van der Waals surface area contributed by atoms with Gasteiger partial charge in [0.25, 0.3) is 0 Å². The smallest absolute Gasteiger partial charge is 0.0641 e. The number of hydrogen-bond donors (Lipinski definition) is 1. The van der Waals surface area contributed by atoms with Crippen molar-refractivity contribution in [1.82, 2.24) is 20.0 Å². The number of aryl methyl sites for hydroxylation is 2. The van der Waals surface area contributed by atoms with Crippen LogP contribution in [0.15, 0.2) is 6.20 Å². The van der Waals surface area contributed by atoms with E-state index in [1.165, 1.54) is 37.1 Å². The largest absolute Gasteiger partial charge is 0.319 e. The second-order valence-corrected chi connectivity index (χ2v) is 5.58. The van der Waals surface area contributed by atoms with Crippen molar-refractivity contribution in [2.45, 2.75) is 32.2 Å². The van der Waals surface area contributed by atoms with Gasteiger partial charge in [0.1, 0.15) is 0 Å². The zero-order chi connectivity index (χ0) is 13.1. The van der Waals surface area contributed by atoms with E-state index in [0.717, 1.165) is 6.54 Å². The van der Waals surface area contributed by atoms with Crippen LogP contribution in [0.5, 0.6) is 0 Å². The number of nitrogens with zero attached hydrogens (tertiary/aromatic N) is 3. The minimum absolute atomic E-state index is 0.508. The zero-order valence-corrected chi connectivity index (χ0v) is 12.1. The monoisotopic (exact) mass is 250 g/mol. The van der Waals surface area contributed by atoms with Crippen molar-refractivity contribution in [1.29, 1.82) is 0 Å². The molecule has 18 heavy (non-hydrogen) atoms. The second-order valence-electron chi connectivity index (χ2n) is 5.58. The van der Waals surface area contributed by atoms with Gasteiger partial charge in [-0.25, -0.2) is 0 Å². The highest BCUT2D eigenvalue weighted by molar-refractivity contribution is 5.21. The summed E-state index contributed by atoms with van der Waals surface area (Å²) >= 11 is 0. The Hall–Kier alpha value is -0.870. The molecule has 4 heteroatoms. The predicted molar refractivity (Wildman–Crippen MR) is 74.6 cm³/mol. The summed E-state index contributed by atoms with van der Waals surface area (Å²) < 4.78 is 1.94. The number of nitrogens with one attached hydrogen (secondary N) is 1. The Morgan fingerprint density at radius 3 is 2.78 bits per heavy atom. The number of aromatic nitrogens is 2. The lowest BCUT2D eigenvalue weighted by Crippen LogP contribution is -2.34. The van der Waals surface area contributed by atoms with E-state index in [9.17, 15) is 0 Å². The van der Waals surface area contributed by atoms with Gasteiger partial charge in [0, 0.05) is 24.8 Å². The maximum Gasteiger partial charge on any atom is 0.0641 e. The Morgan fingerprint density at radius 1 is 1.39 bits per heavy atom. The standard InChI is InChI=1S/C14H26N4/c1-11-13(10-18(4)16-11)14-12(9-15-2)7-5-6-8-17(14)3/h10,12,14-15H,5-9H2,1-4H3. The SMILES string of the molecule is CNCC1CCCCN(C)C1c1cn(C)nc1C. The molecule has 0 aliphatic carbocycles. The zero-order valence-electron chi connectivity index (χ0n) is 12.1. The Kier molecular flexibility index (Phi) is 4.40. The first-order valence-corrected chi connectivity index (χ1v) is 6.98. The van der Waals surface area contributed by atoms with Crippen molar-refractivity contribution >= 4 is 0 Å². The third-order valence-corrected chi connectivity index (χ3v) is 4.09. The average Bonchev–Trinajstić information content (AvgIpc) is 2.54. The van der Waals surface area contributed by atoms with Crippen LogP contribution in [0.4, 0.5) is 0 Å². The summed E-state index contributed by atoms with van der Waals surface area (Å²) in [5, 5.41) is 7.87. The molecule has 2 atom stereocenters. The molecule has 1 aliphatic heterocycles. The van der Waals surface area contributed by atoms with E-state index in [1.807, 2.05) is 11.7 Å². The van der Waals surface area contributed by atoms with E-state index in [0.29, 0.717) is 12.0 Å². The first-order chi connectivity index (χ1) is 8.63. The third kappa shape index (κ3) is 2.75. The summed E-state index contributed by atoms with van der Waals surface area (Å²) in [7, 11) is 6.32. The first-order valence-electron chi connectivity index (χ1n) is 6.98. The molecule has 1 aliphatic rings. The van der Waals surface area contributed by atoms with Crippen LogP contribution < -0.4 is 5.32 Å². The van der Waals surface area contributed by atoms with Crippen LogP contribution in [0.2, 0.25) is 0 Å². The molecule has 0 saturated carbocycles. The van der Waals surface area contributed by atoms with Gasteiger partial charge in [0.15, 0.2) is 0 Å². The summed E-state index contributed by atoms with van der Waals surface area (Å²) in [5.41, 5.74) is 2.58. The Labute approximate surface area is 110 Å². The van der Waals surface area contributed by atoms with Gasteiger partial charge in [-0.1, -0.05) is 6.42 Å². The van der Waals surface area contributed by atoms with Crippen LogP contribution in [0.25, 0.3) is 0 Å². The molecule has 1 aromatic rings. The molecule has 2 unspecified atom stereocenters. The molecule has 0 spiro atoms. The molecule has 1 saturated heterocycles. The van der Waals surface area contributed by atoms with Crippen LogP contribution in [0.3, 0.4) is 0 Å². The third-order valence-electron chi connectivity index (χ3n) is 4.09. The predicted octanol–water partition coefficient (Wildman–Crippen LogP) is 1.72. The molecule has 1 aromatic heterocycles. The van der Waals surface area contributed by atoms with Gasteiger partial charge < -0.3 is 5.32 Å². The summed E-state index contributed by atoms with van der Waals surface area (Å²) in [6.45, 7) is 4.41. The van der Waals surface area contributed by atoms with Crippen molar-refractivity contribution in [3.05, 3.63) is 17.5 Å². The molecule has 2 rings (SSSR count). The molecular formula is C14H26N4. The van der Waals surface area contributed by atoms with Gasteiger partial charge in [-0.05, 0) is 52.9 Å². The summed E-state index contributed by atoms with van der Waals surface area (Å²) in [6, 6.07) is 0.508. The molecule has 1 N–H and O–H groups in total. The van der Waals surface area contributed by atoms with Gasteiger partial charge in [0.2, 0.25) is 0 Å². The van der Waals surface area contributed by atoms with Crippen LogP contribution in [0, 0.1) is 12.8 Å². The van der Waals surface area contributed by atoms with Crippen LogP contribution in [-0.4, -0.2) is 41.9 Å².